The van der Waals surface area contributed by atoms with E-state index in [-0.39, 0.29) is 0 Å². The standard InChI is InChI=1S/C15H22N2O/c1-13-7-6-8-14(11-13)18-10-5-4-9-15(2,12-16)17-3/h6-8,11,17H,4-5,9-10H2,1-3H3. The summed E-state index contributed by atoms with van der Waals surface area (Å²) in [7, 11) is 1.83. The number of rotatable bonds is 7. The molecule has 0 radical (unpaired) electrons. The van der Waals surface area contributed by atoms with E-state index >= 15 is 0 Å². The van der Waals surface area contributed by atoms with Gasteiger partial charge in [0.15, 0.2) is 0 Å². The molecule has 0 spiro atoms. The van der Waals surface area contributed by atoms with Crippen molar-refractivity contribution in [2.75, 3.05) is 13.7 Å². The molecule has 0 heterocycles. The average Bonchev–Trinajstić information content (AvgIpc) is 2.38. The van der Waals surface area contributed by atoms with Crippen LogP contribution in [0, 0.1) is 18.3 Å². The summed E-state index contributed by atoms with van der Waals surface area (Å²) in [5.74, 6) is 0.923. The van der Waals surface area contributed by atoms with Gasteiger partial charge in [0.25, 0.3) is 0 Å². The fourth-order valence-electron chi connectivity index (χ4n) is 1.71. The van der Waals surface area contributed by atoms with Crippen molar-refractivity contribution in [1.29, 1.82) is 5.26 Å². The minimum absolute atomic E-state index is 0.413. The number of hydrogen-bond acceptors (Lipinski definition) is 3. The van der Waals surface area contributed by atoms with Crippen LogP contribution < -0.4 is 10.1 Å². The molecule has 1 atom stereocenters. The monoisotopic (exact) mass is 246 g/mol. The Morgan fingerprint density at radius 1 is 1.39 bits per heavy atom. The molecule has 18 heavy (non-hydrogen) atoms. The first-order valence-electron chi connectivity index (χ1n) is 6.39. The summed E-state index contributed by atoms with van der Waals surface area (Å²) in [6, 6.07) is 10.4. The first-order valence-corrected chi connectivity index (χ1v) is 6.39. The van der Waals surface area contributed by atoms with Gasteiger partial charge in [-0.15, -0.1) is 0 Å². The zero-order valence-corrected chi connectivity index (χ0v) is 11.5. The lowest BCUT2D eigenvalue weighted by Crippen LogP contribution is -2.37. The van der Waals surface area contributed by atoms with Crippen LogP contribution in [-0.2, 0) is 0 Å². The van der Waals surface area contributed by atoms with E-state index in [2.05, 4.69) is 24.4 Å². The lowest BCUT2D eigenvalue weighted by atomic mass is 9.97. The summed E-state index contributed by atoms with van der Waals surface area (Å²) in [4.78, 5) is 0. The normalized spacial score (nSPS) is 13.7. The highest BCUT2D eigenvalue weighted by Gasteiger charge is 2.19. The van der Waals surface area contributed by atoms with E-state index in [0.29, 0.717) is 6.61 Å². The molecule has 1 aromatic rings. The van der Waals surface area contributed by atoms with Gasteiger partial charge in [-0.3, -0.25) is 0 Å². The quantitative estimate of drug-likeness (QED) is 0.752. The van der Waals surface area contributed by atoms with Crippen LogP contribution in [-0.4, -0.2) is 19.2 Å². The Labute approximate surface area is 110 Å². The van der Waals surface area contributed by atoms with Gasteiger partial charge in [-0.1, -0.05) is 12.1 Å². The van der Waals surface area contributed by atoms with Gasteiger partial charge in [0, 0.05) is 0 Å². The second-order valence-electron chi connectivity index (χ2n) is 4.82. The Morgan fingerprint density at radius 3 is 2.78 bits per heavy atom. The molecule has 0 aliphatic carbocycles. The molecule has 0 saturated carbocycles. The van der Waals surface area contributed by atoms with Crippen LogP contribution >= 0.6 is 0 Å². The molecule has 1 unspecified atom stereocenters. The Balaban J connectivity index is 2.22. The number of aryl methyl sites for hydroxylation is 1. The van der Waals surface area contributed by atoms with Crippen LogP contribution in [0.15, 0.2) is 24.3 Å². The number of nitrogens with one attached hydrogen (secondary N) is 1. The van der Waals surface area contributed by atoms with Crippen molar-refractivity contribution in [3.05, 3.63) is 29.8 Å². The molecule has 98 valence electrons. The number of nitrogens with zero attached hydrogens (tertiary/aromatic N) is 1. The lowest BCUT2D eigenvalue weighted by Gasteiger charge is -2.20. The molecular weight excluding hydrogens is 224 g/mol. The Bertz CT molecular complexity index is 411. The van der Waals surface area contributed by atoms with Gasteiger partial charge < -0.3 is 10.1 Å². The fraction of sp³-hybridized carbons (Fsp3) is 0.533. The van der Waals surface area contributed by atoms with Crippen LogP contribution in [0.3, 0.4) is 0 Å². The summed E-state index contributed by atoms with van der Waals surface area (Å²) in [5, 5.41) is 12.0. The second kappa shape index (κ2) is 7.03. The smallest absolute Gasteiger partial charge is 0.119 e. The zero-order chi connectivity index (χ0) is 13.4. The highest BCUT2D eigenvalue weighted by Crippen LogP contribution is 2.15. The minimum atomic E-state index is -0.413. The summed E-state index contributed by atoms with van der Waals surface area (Å²) >= 11 is 0. The Kier molecular flexibility index (Phi) is 5.67. The van der Waals surface area contributed by atoms with E-state index in [0.717, 1.165) is 25.0 Å². The third-order valence-electron chi connectivity index (χ3n) is 3.13. The summed E-state index contributed by atoms with van der Waals surface area (Å²) in [6.45, 7) is 4.68. The first kappa shape index (κ1) is 14.5. The summed E-state index contributed by atoms with van der Waals surface area (Å²) in [6.07, 6.45) is 2.79. The fourth-order valence-corrected chi connectivity index (χ4v) is 1.71. The molecule has 1 aromatic carbocycles. The van der Waals surface area contributed by atoms with E-state index in [1.54, 1.807) is 0 Å². The molecule has 3 nitrogen and oxygen atoms in total. The maximum absolute atomic E-state index is 9.01. The zero-order valence-electron chi connectivity index (χ0n) is 11.5. The van der Waals surface area contributed by atoms with Gasteiger partial charge in [0.1, 0.15) is 11.3 Å². The Morgan fingerprint density at radius 2 is 2.17 bits per heavy atom. The highest BCUT2D eigenvalue weighted by atomic mass is 16.5. The number of hydrogen-bond donors (Lipinski definition) is 1. The largest absolute Gasteiger partial charge is 0.494 e. The predicted octanol–water partition coefficient (Wildman–Crippen LogP) is 3.05. The second-order valence-corrected chi connectivity index (χ2v) is 4.82. The number of nitriles is 1. The summed E-state index contributed by atoms with van der Waals surface area (Å²) in [5.41, 5.74) is 0.795. The van der Waals surface area contributed by atoms with Crippen molar-refractivity contribution in [3.63, 3.8) is 0 Å². The highest BCUT2D eigenvalue weighted by molar-refractivity contribution is 5.27. The number of unbranched alkanes of at least 4 members (excludes halogenated alkanes) is 1. The number of benzene rings is 1. The molecule has 0 amide bonds. The van der Waals surface area contributed by atoms with Crippen molar-refractivity contribution in [3.8, 4) is 11.8 Å². The third-order valence-corrected chi connectivity index (χ3v) is 3.13. The summed E-state index contributed by atoms with van der Waals surface area (Å²) < 4.78 is 5.67. The molecule has 0 fully saturated rings. The minimum Gasteiger partial charge on any atom is -0.494 e. The van der Waals surface area contributed by atoms with Crippen molar-refractivity contribution < 1.29 is 4.74 Å². The number of ether oxygens (including phenoxy) is 1. The van der Waals surface area contributed by atoms with Crippen molar-refractivity contribution in [1.82, 2.24) is 5.32 Å². The first-order chi connectivity index (χ1) is 8.59. The molecule has 1 rings (SSSR count). The van der Waals surface area contributed by atoms with E-state index in [4.69, 9.17) is 10.00 Å². The molecule has 0 aliphatic rings. The van der Waals surface area contributed by atoms with Gasteiger partial charge in [0.05, 0.1) is 12.7 Å². The molecule has 3 heteroatoms. The van der Waals surface area contributed by atoms with Crippen molar-refractivity contribution >= 4 is 0 Å². The lowest BCUT2D eigenvalue weighted by molar-refractivity contribution is 0.297. The van der Waals surface area contributed by atoms with Gasteiger partial charge in [-0.05, 0) is 57.9 Å². The molecule has 0 aliphatic heterocycles. The van der Waals surface area contributed by atoms with Crippen LogP contribution in [0.5, 0.6) is 5.75 Å². The van der Waals surface area contributed by atoms with Crippen LogP contribution in [0.25, 0.3) is 0 Å². The predicted molar refractivity (Wildman–Crippen MR) is 73.6 cm³/mol. The van der Waals surface area contributed by atoms with Crippen LogP contribution in [0.1, 0.15) is 31.7 Å². The van der Waals surface area contributed by atoms with Crippen molar-refractivity contribution in [2.45, 2.75) is 38.6 Å². The van der Waals surface area contributed by atoms with Crippen LogP contribution in [0.2, 0.25) is 0 Å². The van der Waals surface area contributed by atoms with Gasteiger partial charge in [0.2, 0.25) is 0 Å². The maximum Gasteiger partial charge on any atom is 0.119 e. The molecule has 0 bridgehead atoms. The molecule has 1 N–H and O–H groups in total. The topological polar surface area (TPSA) is 45.0 Å². The SMILES string of the molecule is CNC(C)(C#N)CCCCOc1cccc(C)c1. The van der Waals surface area contributed by atoms with E-state index < -0.39 is 5.54 Å². The van der Waals surface area contributed by atoms with E-state index in [1.807, 2.05) is 32.2 Å². The van der Waals surface area contributed by atoms with E-state index in [9.17, 15) is 0 Å². The molecular formula is C15H22N2O. The van der Waals surface area contributed by atoms with Gasteiger partial charge in [-0.25, -0.2) is 0 Å². The van der Waals surface area contributed by atoms with Crippen LogP contribution in [0.4, 0.5) is 0 Å². The Hall–Kier alpha value is -1.53. The maximum atomic E-state index is 9.01. The van der Waals surface area contributed by atoms with Gasteiger partial charge >= 0.3 is 0 Å². The average molecular weight is 246 g/mol. The van der Waals surface area contributed by atoms with Gasteiger partial charge in [-0.2, -0.15) is 5.26 Å². The van der Waals surface area contributed by atoms with E-state index in [1.165, 1.54) is 5.56 Å². The molecule has 0 aromatic heterocycles. The third kappa shape index (κ3) is 4.77. The molecule has 0 saturated heterocycles. The van der Waals surface area contributed by atoms with Crippen molar-refractivity contribution in [2.24, 2.45) is 0 Å².